The molecule has 0 amide bonds. The average molecular weight is 310 g/mol. The summed E-state index contributed by atoms with van der Waals surface area (Å²) < 4.78 is 18.7. The van der Waals surface area contributed by atoms with Crippen LogP contribution in [-0.4, -0.2) is 27.3 Å². The minimum absolute atomic E-state index is 0.0119. The summed E-state index contributed by atoms with van der Waals surface area (Å²) in [4.78, 5) is 12.5. The third kappa shape index (κ3) is 2.61. The number of hydrogen-bond donors (Lipinski definition) is 0. The van der Waals surface area contributed by atoms with Crippen LogP contribution in [0.25, 0.3) is 11.0 Å². The quantitative estimate of drug-likeness (QED) is 0.770. The highest BCUT2D eigenvalue weighted by Crippen LogP contribution is 2.37. The lowest BCUT2D eigenvalue weighted by molar-refractivity contribution is 0.0970. The van der Waals surface area contributed by atoms with Gasteiger partial charge in [-0.1, -0.05) is 13.8 Å². The number of rotatable bonds is 2. The summed E-state index contributed by atoms with van der Waals surface area (Å²) in [5.74, 6) is 0.839. The Balaban J connectivity index is 1.85. The molecule has 3 rings (SSSR count). The molecule has 2 aromatic rings. The van der Waals surface area contributed by atoms with Gasteiger partial charge in [0.1, 0.15) is 11.4 Å². The van der Waals surface area contributed by atoms with Gasteiger partial charge in [-0.2, -0.15) is 11.8 Å². The zero-order chi connectivity index (χ0) is 14.3. The Bertz CT molecular complexity index is 652. The van der Waals surface area contributed by atoms with E-state index in [2.05, 4.69) is 13.8 Å². The zero-order valence-electron chi connectivity index (χ0n) is 11.3. The third-order valence-electron chi connectivity index (χ3n) is 3.56. The predicted octanol–water partition coefficient (Wildman–Crippen LogP) is 4.38. The number of ketones is 1. The molecular weight excluding hydrogens is 295 g/mol. The van der Waals surface area contributed by atoms with Crippen molar-refractivity contribution in [3.05, 3.63) is 35.8 Å². The molecule has 1 aliphatic heterocycles. The maximum absolute atomic E-state index is 13.2. The van der Waals surface area contributed by atoms with Crippen molar-refractivity contribution in [3.8, 4) is 0 Å². The summed E-state index contributed by atoms with van der Waals surface area (Å²) in [7, 11) is 0. The minimum Gasteiger partial charge on any atom is -0.453 e. The van der Waals surface area contributed by atoms with E-state index in [-0.39, 0.29) is 16.9 Å². The van der Waals surface area contributed by atoms with E-state index in [4.69, 9.17) is 4.42 Å². The minimum atomic E-state index is -0.317. The van der Waals surface area contributed by atoms with Crippen molar-refractivity contribution in [1.82, 2.24) is 0 Å². The van der Waals surface area contributed by atoms with Gasteiger partial charge in [0, 0.05) is 21.6 Å². The van der Waals surface area contributed by atoms with E-state index in [0.29, 0.717) is 27.2 Å². The molecule has 0 radical (unpaired) electrons. The van der Waals surface area contributed by atoms with Gasteiger partial charge in [0.05, 0.1) is 5.25 Å². The number of carbonyl (C=O) groups is 1. The van der Waals surface area contributed by atoms with Gasteiger partial charge in [-0.3, -0.25) is 4.79 Å². The summed E-state index contributed by atoms with van der Waals surface area (Å²) in [5.41, 5.74) is 0.560. The van der Waals surface area contributed by atoms with Crippen molar-refractivity contribution in [2.24, 2.45) is 0 Å². The average Bonchev–Trinajstić information content (AvgIpc) is 2.84. The van der Waals surface area contributed by atoms with E-state index < -0.39 is 0 Å². The number of hydrogen-bond acceptors (Lipinski definition) is 4. The highest BCUT2D eigenvalue weighted by Gasteiger charge is 2.32. The van der Waals surface area contributed by atoms with Gasteiger partial charge in [0.2, 0.25) is 5.78 Å². The molecule has 1 aromatic carbocycles. The van der Waals surface area contributed by atoms with Crippen LogP contribution in [0.1, 0.15) is 24.4 Å². The van der Waals surface area contributed by atoms with Crippen molar-refractivity contribution in [2.75, 3.05) is 5.75 Å². The van der Waals surface area contributed by atoms with Crippen LogP contribution in [0, 0.1) is 5.82 Å². The summed E-state index contributed by atoms with van der Waals surface area (Å²) in [6.45, 7) is 4.34. The van der Waals surface area contributed by atoms with Gasteiger partial charge in [-0.05, 0) is 24.3 Å². The molecule has 3 unspecified atom stereocenters. The van der Waals surface area contributed by atoms with E-state index in [0.717, 1.165) is 5.75 Å². The number of carbonyl (C=O) groups excluding carboxylic acids is 1. The number of Topliss-reactive ketones (excluding diaryl/α,β-unsaturated/α-hetero) is 1. The SMILES string of the molecule is CC1SCC(C(=O)c2cc3cc(F)ccc3o2)SC1C. The molecule has 2 heterocycles. The lowest BCUT2D eigenvalue weighted by Gasteiger charge is -2.29. The molecule has 3 atom stereocenters. The molecule has 1 aromatic heterocycles. The Morgan fingerprint density at radius 3 is 2.85 bits per heavy atom. The van der Waals surface area contributed by atoms with Crippen LogP contribution in [0.5, 0.6) is 0 Å². The number of halogens is 1. The van der Waals surface area contributed by atoms with E-state index >= 15 is 0 Å². The molecule has 0 spiro atoms. The van der Waals surface area contributed by atoms with Gasteiger partial charge in [0.25, 0.3) is 0 Å². The van der Waals surface area contributed by atoms with E-state index in [1.807, 2.05) is 11.8 Å². The lowest BCUT2D eigenvalue weighted by Crippen LogP contribution is -2.31. The monoisotopic (exact) mass is 310 g/mol. The standard InChI is InChI=1S/C15H15FO2S2/c1-8-9(2)20-14(7-19-8)15(17)13-6-10-5-11(16)3-4-12(10)18-13/h3-6,8-9,14H,7H2,1-2H3. The summed E-state index contributed by atoms with van der Waals surface area (Å²) in [6, 6.07) is 5.95. The van der Waals surface area contributed by atoms with Crippen molar-refractivity contribution in [1.29, 1.82) is 0 Å². The van der Waals surface area contributed by atoms with Crippen molar-refractivity contribution in [3.63, 3.8) is 0 Å². The Kier molecular flexibility index (Phi) is 3.82. The first-order valence-electron chi connectivity index (χ1n) is 6.55. The first kappa shape index (κ1) is 14.0. The molecule has 1 aliphatic rings. The predicted molar refractivity (Wildman–Crippen MR) is 83.3 cm³/mol. The second kappa shape index (κ2) is 5.45. The Morgan fingerprint density at radius 1 is 1.30 bits per heavy atom. The summed E-state index contributed by atoms with van der Waals surface area (Å²) >= 11 is 3.53. The van der Waals surface area contributed by atoms with E-state index in [1.54, 1.807) is 23.9 Å². The first-order valence-corrected chi connectivity index (χ1v) is 8.54. The summed E-state index contributed by atoms with van der Waals surface area (Å²) in [5, 5.41) is 1.58. The molecule has 2 nitrogen and oxygen atoms in total. The second-order valence-electron chi connectivity index (χ2n) is 5.03. The molecule has 0 saturated carbocycles. The van der Waals surface area contributed by atoms with Crippen LogP contribution in [0.15, 0.2) is 28.7 Å². The fourth-order valence-electron chi connectivity index (χ4n) is 2.22. The van der Waals surface area contributed by atoms with Gasteiger partial charge in [-0.25, -0.2) is 4.39 Å². The normalized spacial score (nSPS) is 26.9. The van der Waals surface area contributed by atoms with Gasteiger partial charge < -0.3 is 4.42 Å². The fourth-order valence-corrected chi connectivity index (χ4v) is 5.07. The maximum Gasteiger partial charge on any atom is 0.211 e. The highest BCUT2D eigenvalue weighted by molar-refractivity contribution is 8.08. The van der Waals surface area contributed by atoms with Crippen LogP contribution < -0.4 is 0 Å². The molecule has 0 N–H and O–H groups in total. The topological polar surface area (TPSA) is 30.2 Å². The molecule has 20 heavy (non-hydrogen) atoms. The zero-order valence-corrected chi connectivity index (χ0v) is 12.9. The Labute approximate surface area is 125 Å². The Hall–Kier alpha value is -0.940. The van der Waals surface area contributed by atoms with Gasteiger partial charge >= 0.3 is 0 Å². The molecule has 1 saturated heterocycles. The van der Waals surface area contributed by atoms with Crippen molar-refractivity contribution in [2.45, 2.75) is 29.6 Å². The lowest BCUT2D eigenvalue weighted by atomic mass is 10.2. The van der Waals surface area contributed by atoms with Crippen LogP contribution in [0.3, 0.4) is 0 Å². The van der Waals surface area contributed by atoms with E-state index in [9.17, 15) is 9.18 Å². The Morgan fingerprint density at radius 2 is 2.10 bits per heavy atom. The smallest absolute Gasteiger partial charge is 0.211 e. The highest BCUT2D eigenvalue weighted by atomic mass is 32.2. The second-order valence-corrected chi connectivity index (χ2v) is 8.02. The third-order valence-corrected chi connectivity index (χ3v) is 6.95. The van der Waals surface area contributed by atoms with Gasteiger partial charge in [-0.15, -0.1) is 11.8 Å². The van der Waals surface area contributed by atoms with Crippen molar-refractivity contribution < 1.29 is 13.6 Å². The van der Waals surface area contributed by atoms with Gasteiger partial charge in [0.15, 0.2) is 5.76 Å². The molecule has 106 valence electrons. The van der Waals surface area contributed by atoms with E-state index in [1.165, 1.54) is 12.1 Å². The van der Waals surface area contributed by atoms with Crippen LogP contribution in [-0.2, 0) is 0 Å². The van der Waals surface area contributed by atoms with Crippen LogP contribution in [0.2, 0.25) is 0 Å². The molecular formula is C15H15FO2S2. The van der Waals surface area contributed by atoms with Crippen molar-refractivity contribution >= 4 is 40.3 Å². The first-order chi connectivity index (χ1) is 9.54. The molecule has 1 fully saturated rings. The maximum atomic E-state index is 13.2. The summed E-state index contributed by atoms with van der Waals surface area (Å²) in [6.07, 6.45) is 0. The number of benzene rings is 1. The largest absolute Gasteiger partial charge is 0.453 e. The van der Waals surface area contributed by atoms with Crippen LogP contribution in [0.4, 0.5) is 4.39 Å². The molecule has 5 heteroatoms. The number of thioether (sulfide) groups is 2. The van der Waals surface area contributed by atoms with Crippen LogP contribution >= 0.6 is 23.5 Å². The molecule has 0 aliphatic carbocycles. The fraction of sp³-hybridized carbons (Fsp3) is 0.400. The number of fused-ring (bicyclic) bond motifs is 1. The number of furan rings is 1. The molecule has 0 bridgehead atoms.